The highest BCUT2D eigenvalue weighted by Crippen LogP contribution is 2.29. The minimum absolute atomic E-state index is 0.0224. The molecule has 0 aliphatic rings. The molecule has 12 nitrogen and oxygen atoms in total. The average molecular weight is 486 g/mol. The van der Waals surface area contributed by atoms with Crippen molar-refractivity contribution < 1.29 is 0 Å². The van der Waals surface area contributed by atoms with Crippen LogP contribution in [-0.2, 0) is 13.0 Å². The predicted molar refractivity (Wildman–Crippen MR) is 132 cm³/mol. The predicted octanol–water partition coefficient (Wildman–Crippen LogP) is 2.84. The maximum atomic E-state index is 13.5. The average Bonchev–Trinajstić information content (AvgIpc) is 3.65. The van der Waals surface area contributed by atoms with Crippen LogP contribution >= 0.6 is 0 Å². The molecule has 1 aromatic carbocycles. The summed E-state index contributed by atoms with van der Waals surface area (Å²) in [5, 5.41) is 26.1. The zero-order chi connectivity index (χ0) is 25.1. The Balaban J connectivity index is 1.47. The topological polar surface area (TPSA) is 138 Å². The summed E-state index contributed by atoms with van der Waals surface area (Å²) in [5.41, 5.74) is 4.29. The first-order valence-corrected chi connectivity index (χ1v) is 11.9. The fraction of sp³-hybridized carbons (Fsp3) is 0.333. The number of hydrogen-bond donors (Lipinski definition) is 1. The fourth-order valence-electron chi connectivity index (χ4n) is 4.13. The Hall–Kier alpha value is -4.48. The summed E-state index contributed by atoms with van der Waals surface area (Å²) in [5.74, 6) is 1.00. The number of benzene rings is 1. The maximum absolute atomic E-state index is 13.5. The quantitative estimate of drug-likeness (QED) is 0.336. The second-order valence-corrected chi connectivity index (χ2v) is 8.81. The number of aromatic amines is 1. The lowest BCUT2D eigenvalue weighted by molar-refractivity contribution is 0.502. The van der Waals surface area contributed by atoms with Gasteiger partial charge in [-0.15, -0.1) is 5.10 Å². The number of hydrogen-bond acceptors (Lipinski definition) is 8. The number of tetrazole rings is 2. The van der Waals surface area contributed by atoms with Crippen LogP contribution in [-0.4, -0.2) is 54.9 Å². The molecule has 0 fully saturated rings. The van der Waals surface area contributed by atoms with Gasteiger partial charge in [-0.05, 0) is 59.2 Å². The van der Waals surface area contributed by atoms with Crippen LogP contribution < -0.4 is 5.69 Å². The number of imidazole rings is 1. The number of H-pyrrole nitrogens is 1. The molecule has 4 heterocycles. The molecule has 0 aliphatic carbocycles. The van der Waals surface area contributed by atoms with Crippen LogP contribution in [0.4, 0.5) is 0 Å². The minimum atomic E-state index is -0.188. The third-order valence-electron chi connectivity index (χ3n) is 6.01. The molecule has 0 aliphatic heterocycles. The summed E-state index contributed by atoms with van der Waals surface area (Å²) in [7, 11) is 0. The number of unbranched alkanes of at least 4 members (excludes halogenated alkanes) is 1. The van der Waals surface area contributed by atoms with Gasteiger partial charge in [0.1, 0.15) is 0 Å². The van der Waals surface area contributed by atoms with Crippen molar-refractivity contribution in [1.29, 1.82) is 0 Å². The van der Waals surface area contributed by atoms with Gasteiger partial charge in [-0.2, -0.15) is 0 Å². The van der Waals surface area contributed by atoms with E-state index in [-0.39, 0.29) is 11.7 Å². The SMILES string of the molecule is CCCCc1cn(-c2nnnn2C(C)C)c(=O)n1Cc1ccc(-c2ccccc2-c2nnn[nH]2)cn1. The van der Waals surface area contributed by atoms with E-state index in [2.05, 4.69) is 48.1 Å². The number of aryl methyl sites for hydroxylation is 1. The van der Waals surface area contributed by atoms with Gasteiger partial charge < -0.3 is 0 Å². The van der Waals surface area contributed by atoms with Crippen LogP contribution in [0, 0.1) is 0 Å². The van der Waals surface area contributed by atoms with Gasteiger partial charge in [0.15, 0.2) is 5.82 Å². The lowest BCUT2D eigenvalue weighted by Crippen LogP contribution is -2.27. The highest BCUT2D eigenvalue weighted by molar-refractivity contribution is 5.79. The second kappa shape index (κ2) is 10.0. The van der Waals surface area contributed by atoms with Crippen molar-refractivity contribution in [1.82, 2.24) is 54.9 Å². The molecule has 12 heteroatoms. The van der Waals surface area contributed by atoms with E-state index in [0.29, 0.717) is 18.3 Å². The Morgan fingerprint density at radius 3 is 2.56 bits per heavy atom. The van der Waals surface area contributed by atoms with Crippen molar-refractivity contribution in [3.63, 3.8) is 0 Å². The van der Waals surface area contributed by atoms with E-state index >= 15 is 0 Å². The van der Waals surface area contributed by atoms with Gasteiger partial charge >= 0.3 is 5.69 Å². The molecule has 36 heavy (non-hydrogen) atoms. The molecule has 0 bridgehead atoms. The highest BCUT2D eigenvalue weighted by Gasteiger charge is 2.19. The van der Waals surface area contributed by atoms with Gasteiger partial charge in [0.25, 0.3) is 5.95 Å². The van der Waals surface area contributed by atoms with E-state index in [9.17, 15) is 4.79 Å². The standard InChI is InChI=1S/C24H27N11O/c1-4-5-8-19-15-34(23-28-31-32-35(23)16(2)3)24(36)33(19)14-18-12-11-17(13-25-18)20-9-6-7-10-21(20)22-26-29-30-27-22/h6-7,9-13,15-16H,4-5,8,14H2,1-3H3,(H,26,27,29,30). The molecule has 184 valence electrons. The normalized spacial score (nSPS) is 11.4. The summed E-state index contributed by atoms with van der Waals surface area (Å²) < 4.78 is 4.93. The molecule has 0 radical (unpaired) electrons. The second-order valence-electron chi connectivity index (χ2n) is 8.81. The van der Waals surface area contributed by atoms with Crippen molar-refractivity contribution in [2.45, 2.75) is 52.6 Å². The van der Waals surface area contributed by atoms with E-state index in [1.165, 1.54) is 4.57 Å². The van der Waals surface area contributed by atoms with Crippen molar-refractivity contribution in [3.05, 3.63) is 70.7 Å². The lowest BCUT2D eigenvalue weighted by atomic mass is 10.0. The summed E-state index contributed by atoms with van der Waals surface area (Å²) in [6, 6.07) is 11.8. The van der Waals surface area contributed by atoms with Crippen molar-refractivity contribution in [2.75, 3.05) is 0 Å². The number of aromatic nitrogens is 11. The minimum Gasteiger partial charge on any atom is -0.290 e. The summed E-state index contributed by atoms with van der Waals surface area (Å²) in [6.45, 7) is 6.43. The van der Waals surface area contributed by atoms with Gasteiger partial charge in [-0.25, -0.2) is 19.1 Å². The van der Waals surface area contributed by atoms with Gasteiger partial charge in [-0.3, -0.25) is 9.55 Å². The van der Waals surface area contributed by atoms with Crippen LogP contribution in [0.2, 0.25) is 0 Å². The van der Waals surface area contributed by atoms with E-state index < -0.39 is 0 Å². The highest BCUT2D eigenvalue weighted by atomic mass is 16.2. The Bertz CT molecular complexity index is 1490. The zero-order valence-corrected chi connectivity index (χ0v) is 20.4. The first-order valence-electron chi connectivity index (χ1n) is 11.9. The molecule has 5 rings (SSSR count). The molecule has 4 aromatic heterocycles. The molecule has 0 spiro atoms. The van der Waals surface area contributed by atoms with E-state index in [1.54, 1.807) is 9.25 Å². The molecular weight excluding hydrogens is 458 g/mol. The molecule has 0 atom stereocenters. The van der Waals surface area contributed by atoms with E-state index in [0.717, 1.165) is 47.3 Å². The number of nitrogens with zero attached hydrogens (tertiary/aromatic N) is 10. The third-order valence-corrected chi connectivity index (χ3v) is 6.01. The molecule has 1 N–H and O–H groups in total. The largest absolute Gasteiger partial charge is 0.335 e. The molecular formula is C24H27N11O. The summed E-state index contributed by atoms with van der Waals surface area (Å²) in [6.07, 6.45) is 6.43. The molecule has 0 amide bonds. The first-order chi connectivity index (χ1) is 17.6. The Kier molecular flexibility index (Phi) is 6.48. The van der Waals surface area contributed by atoms with Crippen LogP contribution in [0.15, 0.2) is 53.6 Å². The molecule has 5 aromatic rings. The van der Waals surface area contributed by atoms with Gasteiger partial charge in [0, 0.05) is 29.2 Å². The van der Waals surface area contributed by atoms with Crippen molar-refractivity contribution >= 4 is 0 Å². The first kappa shape index (κ1) is 23.3. The number of rotatable bonds is 9. The van der Waals surface area contributed by atoms with Crippen LogP contribution in [0.5, 0.6) is 0 Å². The molecule has 0 unspecified atom stereocenters. The number of pyridine rings is 1. The fourth-order valence-corrected chi connectivity index (χ4v) is 4.13. The van der Waals surface area contributed by atoms with Gasteiger partial charge in [0.2, 0.25) is 0 Å². The Morgan fingerprint density at radius 2 is 1.86 bits per heavy atom. The van der Waals surface area contributed by atoms with Crippen molar-refractivity contribution in [3.8, 4) is 28.5 Å². The Labute approximate surface area is 207 Å². The Morgan fingerprint density at radius 1 is 1.03 bits per heavy atom. The van der Waals surface area contributed by atoms with Gasteiger partial charge in [0.05, 0.1) is 18.3 Å². The summed E-state index contributed by atoms with van der Waals surface area (Å²) in [4.78, 5) is 18.1. The lowest BCUT2D eigenvalue weighted by Gasteiger charge is -2.09. The summed E-state index contributed by atoms with van der Waals surface area (Å²) >= 11 is 0. The van der Waals surface area contributed by atoms with Crippen LogP contribution in [0.25, 0.3) is 28.5 Å². The van der Waals surface area contributed by atoms with E-state index in [1.807, 2.05) is 62.6 Å². The zero-order valence-electron chi connectivity index (χ0n) is 20.4. The molecule has 0 saturated heterocycles. The van der Waals surface area contributed by atoms with E-state index in [4.69, 9.17) is 0 Å². The third kappa shape index (κ3) is 4.44. The van der Waals surface area contributed by atoms with Gasteiger partial charge in [-0.1, -0.05) is 48.8 Å². The van der Waals surface area contributed by atoms with Crippen LogP contribution in [0.1, 0.15) is 51.0 Å². The smallest absolute Gasteiger partial charge is 0.290 e. The number of nitrogens with one attached hydrogen (secondary N) is 1. The monoisotopic (exact) mass is 485 g/mol. The van der Waals surface area contributed by atoms with Crippen molar-refractivity contribution in [2.24, 2.45) is 0 Å². The van der Waals surface area contributed by atoms with Crippen LogP contribution in [0.3, 0.4) is 0 Å². The maximum Gasteiger partial charge on any atom is 0.335 e. The molecule has 0 saturated carbocycles.